The minimum Gasteiger partial charge on any atom is -0.460 e. The molecule has 5 aliphatic heterocycles. The largest absolute Gasteiger partial charge is 0.460 e. The molecule has 5 heterocycles. The number of carbonyl (C=O) groups is 2. The van der Waals surface area contributed by atoms with Crippen molar-refractivity contribution in [3.05, 3.63) is 24.3 Å². The van der Waals surface area contributed by atoms with Gasteiger partial charge in [-0.05, 0) is 69.6 Å². The van der Waals surface area contributed by atoms with Crippen LogP contribution in [-0.2, 0) is 57.0 Å². The molecular formula is C57H91O33+. The van der Waals surface area contributed by atoms with Crippen LogP contribution in [0.1, 0.15) is 70.6 Å². The highest BCUT2D eigenvalue weighted by atomic mass is 16.7. The number of hydrogen-bond acceptors (Lipinski definition) is 32. The van der Waals surface area contributed by atoms with Crippen LogP contribution in [0, 0.1) is 23.7 Å². The Bertz CT molecular complexity index is 2330. The van der Waals surface area contributed by atoms with Gasteiger partial charge in [-0.2, -0.15) is 0 Å². The van der Waals surface area contributed by atoms with Crippen LogP contribution in [0.15, 0.2) is 24.3 Å². The first-order chi connectivity index (χ1) is 42.7. The molecule has 14 unspecified atom stereocenters. The van der Waals surface area contributed by atoms with E-state index in [1.807, 2.05) is 0 Å². The Labute approximate surface area is 515 Å². The smallest absolute Gasteiger partial charge is 0.330 e. The summed E-state index contributed by atoms with van der Waals surface area (Å²) in [6, 6.07) is 0. The Morgan fingerprint density at radius 1 is 0.389 bits per heavy atom. The molecule has 9 fully saturated rings. The molecule has 9 rings (SSSR count). The molecule has 0 radical (unpaired) electrons. The first-order valence-electron chi connectivity index (χ1n) is 30.9. The van der Waals surface area contributed by atoms with Crippen LogP contribution in [0.3, 0.4) is 0 Å². The fraction of sp³-hybridized carbons (Fsp3) is 0.895. The molecule has 0 amide bonds. The highest BCUT2D eigenvalue weighted by Gasteiger charge is 2.58. The Morgan fingerprint density at radius 3 is 1.17 bits per heavy atom. The third-order valence-electron chi connectivity index (χ3n) is 19.2. The van der Waals surface area contributed by atoms with Crippen molar-refractivity contribution in [2.24, 2.45) is 23.7 Å². The van der Waals surface area contributed by atoms with Crippen molar-refractivity contribution in [2.45, 2.75) is 267 Å². The number of fused-ring (bicyclic) bond motifs is 1. The van der Waals surface area contributed by atoms with Crippen molar-refractivity contribution in [1.29, 1.82) is 0 Å². The second-order valence-electron chi connectivity index (χ2n) is 25.5. The van der Waals surface area contributed by atoms with Gasteiger partial charge >= 0.3 is 11.9 Å². The van der Waals surface area contributed by atoms with Crippen molar-refractivity contribution in [3.63, 3.8) is 0 Å². The fourth-order valence-electron chi connectivity index (χ4n) is 13.9. The summed E-state index contributed by atoms with van der Waals surface area (Å²) in [5, 5.41) is 212. The van der Waals surface area contributed by atoms with E-state index >= 15 is 0 Å². The number of allylic oxidation sites excluding steroid dienone is 2. The van der Waals surface area contributed by atoms with E-state index in [0.717, 1.165) is 12.2 Å². The average molecular weight is 1300 g/mol. The summed E-state index contributed by atoms with van der Waals surface area (Å²) >= 11 is 0. The Kier molecular flexibility index (Phi) is 25.0. The lowest BCUT2D eigenvalue weighted by atomic mass is 9.72. The average Bonchev–Trinajstić information content (AvgIpc) is 0.830. The molecule has 5 saturated heterocycles. The molecule has 21 N–H and O–H groups in total. The summed E-state index contributed by atoms with van der Waals surface area (Å²) < 4.78 is 62.5. The van der Waals surface area contributed by atoms with Crippen LogP contribution >= 0.6 is 0 Å². The predicted molar refractivity (Wildman–Crippen MR) is 291 cm³/mol. The van der Waals surface area contributed by atoms with E-state index in [9.17, 15) is 112 Å². The lowest BCUT2D eigenvalue weighted by Crippen LogP contribution is -2.64. The Morgan fingerprint density at radius 2 is 0.767 bits per heavy atom. The summed E-state index contributed by atoms with van der Waals surface area (Å²) in [6.07, 6.45) is -39.8. The molecule has 33 heteroatoms. The zero-order chi connectivity index (χ0) is 65.2. The van der Waals surface area contributed by atoms with Gasteiger partial charge in [-0.25, -0.2) is 9.59 Å². The van der Waals surface area contributed by atoms with E-state index in [-0.39, 0.29) is 63.7 Å². The molecule has 0 aromatic rings. The molecule has 90 heavy (non-hydrogen) atoms. The van der Waals surface area contributed by atoms with E-state index in [1.54, 1.807) is 0 Å². The SMILES string of the molecule is O=C(C=CC1CCC(O[C@@H]2O[C@H](CO)[C@@H](O)[C@H](O)[C@H]2O)C(O)C1)OC[C@H]1O[C@@H](OC2CCC(C=CC(=O)OC[C@H]3O[C@@H](OC4CC5C(O[C@@H]6O[C@H](CO)[C@@H](O)[C@H](O)[C@H]6O)CC(O)CC5[OH+]C4C4CC(O)C(O)C(O)C4)[C@H](O)[C@@H](O)[C@@H]3O)CC2O)[C@H](O)[C@@H](O)[C@@H]1O. The van der Waals surface area contributed by atoms with Gasteiger partial charge in [0.15, 0.2) is 37.4 Å². The van der Waals surface area contributed by atoms with Crippen LogP contribution in [0.25, 0.3) is 0 Å². The summed E-state index contributed by atoms with van der Waals surface area (Å²) in [7, 11) is 0. The maximum atomic E-state index is 13.1. The van der Waals surface area contributed by atoms with Gasteiger partial charge in [0.1, 0.15) is 123 Å². The molecule has 0 spiro atoms. The van der Waals surface area contributed by atoms with Gasteiger partial charge in [-0.3, -0.25) is 0 Å². The van der Waals surface area contributed by atoms with Crippen LogP contribution in [0.2, 0.25) is 0 Å². The van der Waals surface area contributed by atoms with Crippen LogP contribution in [-0.4, -0.2) is 341 Å². The monoisotopic (exact) mass is 1300 g/mol. The fourth-order valence-corrected chi connectivity index (χ4v) is 13.9. The number of esters is 2. The van der Waals surface area contributed by atoms with E-state index in [1.165, 1.54) is 12.2 Å². The maximum Gasteiger partial charge on any atom is 0.330 e. The minimum atomic E-state index is -1.93. The first kappa shape index (κ1) is 71.6. The van der Waals surface area contributed by atoms with E-state index in [0.29, 0.717) is 12.8 Å². The van der Waals surface area contributed by atoms with Gasteiger partial charge in [0, 0.05) is 30.9 Å². The second-order valence-corrected chi connectivity index (χ2v) is 25.5. The van der Waals surface area contributed by atoms with Crippen molar-refractivity contribution < 1.29 is 164 Å². The summed E-state index contributed by atoms with van der Waals surface area (Å²) in [5.74, 6) is -3.91. The molecule has 0 aromatic heterocycles. The van der Waals surface area contributed by atoms with Crippen LogP contribution < -0.4 is 0 Å². The normalized spacial score (nSPS) is 50.5. The molecule has 9 aliphatic rings. The van der Waals surface area contributed by atoms with Crippen molar-refractivity contribution >= 4 is 11.9 Å². The summed E-state index contributed by atoms with van der Waals surface area (Å²) in [6.45, 7) is -2.68. The predicted octanol–water partition coefficient (Wildman–Crippen LogP) is -9.80. The number of aliphatic hydroxyl groups is 22. The number of carbonyl (C=O) groups excluding carboxylic acids is 2. The Balaban J connectivity index is 0.741. The molecule has 34 atom stereocenters. The molecule has 516 valence electrons. The van der Waals surface area contributed by atoms with Gasteiger partial charge in [0.2, 0.25) is 0 Å². The van der Waals surface area contributed by atoms with E-state index < -0.39 is 252 Å². The van der Waals surface area contributed by atoms with Crippen molar-refractivity contribution in [2.75, 3.05) is 26.4 Å². The lowest BCUT2D eigenvalue weighted by molar-refractivity contribution is -0.368. The zero-order valence-electron chi connectivity index (χ0n) is 49.0. The van der Waals surface area contributed by atoms with Gasteiger partial charge in [-0.1, -0.05) is 12.2 Å². The van der Waals surface area contributed by atoms with Crippen molar-refractivity contribution in [3.8, 4) is 0 Å². The van der Waals surface area contributed by atoms with Crippen molar-refractivity contribution in [1.82, 2.24) is 0 Å². The lowest BCUT2D eigenvalue weighted by Gasteiger charge is -2.50. The van der Waals surface area contributed by atoms with Crippen LogP contribution in [0.5, 0.6) is 0 Å². The molecule has 33 nitrogen and oxygen atoms in total. The third-order valence-corrected chi connectivity index (χ3v) is 19.2. The molecule has 4 saturated carbocycles. The van der Waals surface area contributed by atoms with Gasteiger partial charge in [0.25, 0.3) is 0 Å². The van der Waals surface area contributed by atoms with E-state index in [2.05, 4.69) is 0 Å². The third kappa shape index (κ3) is 16.5. The standard InChI is InChI=1S/C57H90O33/c58-16-34-41(68)45(72)49(76)54(87-34)83-29-5-1-20(9-25(29)61)3-7-38(65)80-18-36-43(70)47(74)51(78)55(89-36)84-30-6-2-21(10-26(30)62)4-8-39(66)81-19-37-44(71)48(75)52(79)57(90-37)86-33-15-24-31(82-53(33)22-11-27(63)40(67)28(64)12-22)13-23(60)14-32(24)85-56-50(77)46(73)42(69)35(17-59)88-56/h3-4,7-8,20-37,40-64,67-79H,1-2,5-6,9-19H2/p+1/t20?,21?,22?,23?,24?,25?,26?,27?,28?,29?,30?,31?,32?,33?,34-,35-,36-,37-,40?,41-,42-,43-,44-,45+,46+,47+,48+,49-,50-,51-,52-,53?,54-,55-,56-,57-/m1/s1. The Hall–Kier alpha value is -2.74. The van der Waals surface area contributed by atoms with Gasteiger partial charge in [0.05, 0.1) is 68.0 Å². The van der Waals surface area contributed by atoms with E-state index in [4.69, 9.17) is 52.1 Å². The first-order valence-corrected chi connectivity index (χ1v) is 30.9. The minimum absolute atomic E-state index is 0.000936. The number of rotatable bonds is 19. The molecule has 0 aromatic carbocycles. The summed E-state index contributed by atoms with van der Waals surface area (Å²) in [5.41, 5.74) is 0. The number of aliphatic hydroxyl groups excluding tert-OH is 20. The number of hydrogen-bond donors (Lipinski definition) is 20. The van der Waals surface area contributed by atoms with Crippen LogP contribution in [0.4, 0.5) is 0 Å². The topological polar surface area (TPSA) is 544 Å². The van der Waals surface area contributed by atoms with Gasteiger partial charge in [-0.15, -0.1) is 0 Å². The molecular weight excluding hydrogens is 1210 g/mol. The highest BCUT2D eigenvalue weighted by molar-refractivity contribution is 5.82. The molecule has 0 bridgehead atoms. The quantitative estimate of drug-likeness (QED) is 0.0324. The highest BCUT2D eigenvalue weighted by Crippen LogP contribution is 2.44. The number of ether oxygens (including phenoxy) is 11. The molecule has 4 aliphatic carbocycles. The summed E-state index contributed by atoms with van der Waals surface area (Å²) in [4.78, 5) is 25.9. The second kappa shape index (κ2) is 31.4. The van der Waals surface area contributed by atoms with Gasteiger partial charge < -0.3 is 154 Å². The maximum absolute atomic E-state index is 13.1. The zero-order valence-corrected chi connectivity index (χ0v) is 49.0.